The highest BCUT2D eigenvalue weighted by molar-refractivity contribution is 14.0. The van der Waals surface area contributed by atoms with E-state index in [0.717, 1.165) is 37.5 Å². The van der Waals surface area contributed by atoms with Gasteiger partial charge in [-0.15, -0.1) is 24.0 Å². The second-order valence-corrected chi connectivity index (χ2v) is 7.34. The molecule has 1 unspecified atom stereocenters. The highest BCUT2D eigenvalue weighted by Crippen LogP contribution is 2.07. The number of nitrogens with zero attached hydrogens (tertiary/aromatic N) is 1. The van der Waals surface area contributed by atoms with Crippen molar-refractivity contribution in [1.29, 1.82) is 0 Å². The van der Waals surface area contributed by atoms with E-state index in [1.807, 2.05) is 20.8 Å². The molecule has 144 valence electrons. The molecule has 3 N–H and O–H groups in total. The molecule has 0 aromatic carbocycles. The van der Waals surface area contributed by atoms with E-state index in [0.29, 0.717) is 6.54 Å². The van der Waals surface area contributed by atoms with Gasteiger partial charge in [0, 0.05) is 31.9 Å². The maximum absolute atomic E-state index is 11.8. The lowest BCUT2D eigenvalue weighted by Crippen LogP contribution is -2.49. The van der Waals surface area contributed by atoms with E-state index >= 15 is 0 Å². The molecule has 1 atom stereocenters. The van der Waals surface area contributed by atoms with Crippen LogP contribution in [0.2, 0.25) is 0 Å². The first kappa shape index (κ1) is 25.9. The Kier molecular flexibility index (Phi) is 16.1. The summed E-state index contributed by atoms with van der Waals surface area (Å²) in [5.41, 5.74) is -0.480. The van der Waals surface area contributed by atoms with Gasteiger partial charge in [0.1, 0.15) is 5.60 Å². The Labute approximate surface area is 168 Å². The van der Waals surface area contributed by atoms with Crippen molar-refractivity contribution in [2.24, 2.45) is 4.99 Å². The van der Waals surface area contributed by atoms with Crippen LogP contribution in [0.1, 0.15) is 47.0 Å². The number of halogens is 1. The molecular weight excluding hydrogens is 439 g/mol. The van der Waals surface area contributed by atoms with Crippen LogP contribution < -0.4 is 16.0 Å². The van der Waals surface area contributed by atoms with Gasteiger partial charge in [0.05, 0.1) is 0 Å². The zero-order chi connectivity index (χ0) is 17.7. The molecule has 1 amide bonds. The summed E-state index contributed by atoms with van der Waals surface area (Å²) in [5.74, 6) is 1.79. The van der Waals surface area contributed by atoms with Crippen molar-refractivity contribution in [1.82, 2.24) is 16.0 Å². The summed E-state index contributed by atoms with van der Waals surface area (Å²) in [6, 6.07) is 0.128. The number of amides is 1. The van der Waals surface area contributed by atoms with E-state index in [9.17, 15) is 4.79 Å². The van der Waals surface area contributed by atoms with Crippen molar-refractivity contribution < 1.29 is 9.53 Å². The first-order valence-electron chi connectivity index (χ1n) is 8.25. The predicted octanol–water partition coefficient (Wildman–Crippen LogP) is 3.22. The molecule has 0 radical (unpaired) electrons. The van der Waals surface area contributed by atoms with Crippen LogP contribution in [-0.2, 0) is 4.74 Å². The molecule has 0 aromatic heterocycles. The Morgan fingerprint density at radius 1 is 1.29 bits per heavy atom. The fourth-order valence-corrected chi connectivity index (χ4v) is 2.16. The number of hydrogen-bond donors (Lipinski definition) is 3. The Balaban J connectivity index is 0. The van der Waals surface area contributed by atoms with Crippen LogP contribution in [-0.4, -0.2) is 55.8 Å². The summed E-state index contributed by atoms with van der Waals surface area (Å²) in [6.07, 6.45) is 4.87. The number of ether oxygens (including phenoxy) is 1. The van der Waals surface area contributed by atoms with Crippen LogP contribution in [0.4, 0.5) is 4.79 Å². The van der Waals surface area contributed by atoms with Crippen molar-refractivity contribution in [3.05, 3.63) is 0 Å². The summed E-state index contributed by atoms with van der Waals surface area (Å²) >= 11 is 1.79. The maximum atomic E-state index is 11.8. The van der Waals surface area contributed by atoms with Crippen molar-refractivity contribution in [2.75, 3.05) is 32.1 Å². The summed E-state index contributed by atoms with van der Waals surface area (Å²) in [7, 11) is 1.76. The minimum Gasteiger partial charge on any atom is -0.444 e. The third-order valence-corrected chi connectivity index (χ3v) is 3.57. The monoisotopic (exact) mass is 474 g/mol. The molecule has 24 heavy (non-hydrogen) atoms. The van der Waals surface area contributed by atoms with Crippen molar-refractivity contribution >= 4 is 47.8 Å². The van der Waals surface area contributed by atoms with Gasteiger partial charge in [-0.05, 0) is 33.4 Å². The zero-order valence-corrected chi connectivity index (χ0v) is 19.0. The number of hydrogen-bond acceptors (Lipinski definition) is 4. The number of nitrogens with one attached hydrogen (secondary N) is 3. The minimum absolute atomic E-state index is 0. The van der Waals surface area contributed by atoms with Crippen LogP contribution in [0.5, 0.6) is 0 Å². The molecule has 0 aliphatic heterocycles. The van der Waals surface area contributed by atoms with Crippen LogP contribution in [0.15, 0.2) is 4.99 Å². The molecule has 0 spiro atoms. The van der Waals surface area contributed by atoms with Gasteiger partial charge in [-0.2, -0.15) is 11.8 Å². The molecule has 0 heterocycles. The first-order chi connectivity index (χ1) is 10.8. The molecule has 6 nitrogen and oxygen atoms in total. The van der Waals surface area contributed by atoms with E-state index < -0.39 is 5.60 Å². The van der Waals surface area contributed by atoms with Gasteiger partial charge in [-0.25, -0.2) is 4.79 Å². The average molecular weight is 474 g/mol. The normalized spacial score (nSPS) is 12.8. The highest BCUT2D eigenvalue weighted by Gasteiger charge is 2.17. The summed E-state index contributed by atoms with van der Waals surface area (Å²) in [6.45, 7) is 9.10. The van der Waals surface area contributed by atoms with E-state index in [4.69, 9.17) is 4.74 Å². The second kappa shape index (κ2) is 14.9. The molecule has 0 aliphatic rings. The molecule has 0 rings (SSSR count). The number of guanidine groups is 1. The van der Waals surface area contributed by atoms with E-state index in [1.165, 1.54) is 0 Å². The number of carbonyl (C=O) groups is 1. The number of thioether (sulfide) groups is 1. The molecule has 0 aromatic rings. The third-order valence-electron chi connectivity index (χ3n) is 2.96. The van der Waals surface area contributed by atoms with Crippen molar-refractivity contribution in [3.8, 4) is 0 Å². The smallest absolute Gasteiger partial charge is 0.407 e. The highest BCUT2D eigenvalue weighted by atomic mass is 127. The molecule has 0 aliphatic carbocycles. The van der Waals surface area contributed by atoms with Gasteiger partial charge in [0.15, 0.2) is 5.96 Å². The van der Waals surface area contributed by atoms with Gasteiger partial charge in [-0.1, -0.05) is 19.8 Å². The third kappa shape index (κ3) is 15.2. The largest absolute Gasteiger partial charge is 0.444 e. The first-order valence-corrected chi connectivity index (χ1v) is 9.64. The lowest BCUT2D eigenvalue weighted by molar-refractivity contribution is 0.0523. The summed E-state index contributed by atoms with van der Waals surface area (Å²) in [5, 5.41) is 9.49. The van der Waals surface area contributed by atoms with Crippen LogP contribution in [0.25, 0.3) is 0 Å². The van der Waals surface area contributed by atoms with Crippen molar-refractivity contribution in [3.63, 3.8) is 0 Å². The number of alkyl carbamates (subject to hydrolysis) is 1. The van der Waals surface area contributed by atoms with Gasteiger partial charge >= 0.3 is 6.09 Å². The standard InChI is InChI=1S/C16H34N4O2S.HI/c1-7-8-9-13(12-19-15(21)22-16(2,3)4)20-14(17-5)18-10-11-23-6;/h13H,7-12H2,1-6H3,(H,19,21)(H2,17,18,20);1H. The summed E-state index contributed by atoms with van der Waals surface area (Å²) in [4.78, 5) is 16.0. The number of carbonyl (C=O) groups excluding carboxylic acids is 1. The lowest BCUT2D eigenvalue weighted by atomic mass is 10.1. The Morgan fingerprint density at radius 3 is 2.46 bits per heavy atom. The topological polar surface area (TPSA) is 74.8 Å². The van der Waals surface area contributed by atoms with E-state index in [2.05, 4.69) is 34.1 Å². The SMILES string of the molecule is CCCCC(CNC(=O)OC(C)(C)C)NC(=NC)NCCSC.I. The fourth-order valence-electron chi connectivity index (χ4n) is 1.86. The van der Waals surface area contributed by atoms with Crippen LogP contribution in [0.3, 0.4) is 0 Å². The van der Waals surface area contributed by atoms with Gasteiger partial charge in [0.25, 0.3) is 0 Å². The maximum Gasteiger partial charge on any atom is 0.407 e. The number of rotatable bonds is 9. The predicted molar refractivity (Wildman–Crippen MR) is 116 cm³/mol. The zero-order valence-electron chi connectivity index (χ0n) is 15.9. The Bertz CT molecular complexity index is 362. The summed E-state index contributed by atoms with van der Waals surface area (Å²) < 4.78 is 5.28. The van der Waals surface area contributed by atoms with Crippen LogP contribution in [0, 0.1) is 0 Å². The van der Waals surface area contributed by atoms with Gasteiger partial charge in [-0.3, -0.25) is 4.99 Å². The van der Waals surface area contributed by atoms with E-state index in [1.54, 1.807) is 18.8 Å². The fraction of sp³-hybridized carbons (Fsp3) is 0.875. The molecule has 0 saturated carbocycles. The average Bonchev–Trinajstić information content (AvgIpc) is 2.46. The quantitative estimate of drug-likeness (QED) is 0.207. The van der Waals surface area contributed by atoms with Crippen molar-refractivity contribution in [2.45, 2.75) is 58.6 Å². The van der Waals surface area contributed by atoms with Gasteiger partial charge < -0.3 is 20.7 Å². The molecule has 0 bridgehead atoms. The Morgan fingerprint density at radius 2 is 1.96 bits per heavy atom. The van der Waals surface area contributed by atoms with E-state index in [-0.39, 0.29) is 36.1 Å². The molecular formula is C16H35IN4O2S. The number of unbranched alkanes of at least 4 members (excludes halogenated alkanes) is 1. The number of aliphatic imine (C=N–C) groups is 1. The van der Waals surface area contributed by atoms with Gasteiger partial charge in [0.2, 0.25) is 0 Å². The molecule has 8 heteroatoms. The molecule has 0 saturated heterocycles. The Hall–Kier alpha value is -0.380. The van der Waals surface area contributed by atoms with Crippen LogP contribution >= 0.6 is 35.7 Å². The minimum atomic E-state index is -0.480. The lowest BCUT2D eigenvalue weighted by Gasteiger charge is -2.24. The second-order valence-electron chi connectivity index (χ2n) is 6.36. The molecule has 0 fully saturated rings.